The molecule has 5 nitrogen and oxygen atoms in total. The number of halogens is 1. The van der Waals surface area contributed by atoms with Crippen LogP contribution in [-0.2, 0) is 0 Å². The molecule has 3 rings (SSSR count). The van der Waals surface area contributed by atoms with Gasteiger partial charge in [0, 0.05) is 18.8 Å². The van der Waals surface area contributed by atoms with Crippen LogP contribution < -0.4 is 4.74 Å². The van der Waals surface area contributed by atoms with E-state index in [0.29, 0.717) is 27.9 Å². The molecule has 3 unspecified atom stereocenters. The molecular weight excluding hydrogens is 504 g/mol. The molecule has 3 atom stereocenters. The van der Waals surface area contributed by atoms with Crippen molar-refractivity contribution in [1.29, 1.82) is 0 Å². The van der Waals surface area contributed by atoms with Crippen molar-refractivity contribution < 1.29 is 14.9 Å². The Bertz CT molecular complexity index is 977. The molecule has 0 aliphatic carbocycles. The number of phenols is 1. The minimum absolute atomic E-state index is 0.0302. The lowest BCUT2D eigenvalue weighted by atomic mass is 10.2. The Kier molecular flexibility index (Phi) is 14.2. The van der Waals surface area contributed by atoms with Crippen molar-refractivity contribution in [2.24, 2.45) is 4.99 Å². The molecule has 0 amide bonds. The molecule has 7 heteroatoms. The third-order valence-electron chi connectivity index (χ3n) is 5.96. The van der Waals surface area contributed by atoms with E-state index >= 15 is 0 Å². The molecule has 0 bridgehead atoms. The maximum Gasteiger partial charge on any atom is 0.150 e. The molecule has 1 aliphatic rings. The summed E-state index contributed by atoms with van der Waals surface area (Å²) in [5, 5.41) is 21.9. The van der Waals surface area contributed by atoms with Gasteiger partial charge in [-0.25, -0.2) is 0 Å². The number of ether oxygens (including phenoxy) is 1. The van der Waals surface area contributed by atoms with Crippen LogP contribution in [0.3, 0.4) is 0 Å². The summed E-state index contributed by atoms with van der Waals surface area (Å²) in [6.07, 6.45) is 6.83. The van der Waals surface area contributed by atoms with Crippen molar-refractivity contribution in [2.45, 2.75) is 83.6 Å². The Labute approximate surface area is 232 Å². The number of aliphatic imine (C=N–C) groups is 1. The lowest BCUT2D eigenvalue weighted by Gasteiger charge is -2.29. The first-order valence-corrected chi connectivity index (χ1v) is 14.7. The van der Waals surface area contributed by atoms with Gasteiger partial charge in [0.15, 0.2) is 0 Å². The minimum atomic E-state index is -0.767. The van der Waals surface area contributed by atoms with Gasteiger partial charge in [-0.2, -0.15) is 0 Å². The van der Waals surface area contributed by atoms with Crippen LogP contribution >= 0.6 is 23.4 Å². The first kappa shape index (κ1) is 31.2. The van der Waals surface area contributed by atoms with Crippen molar-refractivity contribution in [3.8, 4) is 11.5 Å². The molecule has 1 aliphatic heterocycles. The van der Waals surface area contributed by atoms with Gasteiger partial charge in [0.05, 0.1) is 27.8 Å². The standard InChI is InChI=1S/C28H37ClN2O3S.C2H6/c1-4-17-31(18-16-21(3)34-23-14-12-20(2)13-15-23)28(33)25-10-6-5-8-22(30-25)19-35-27-24(29)9-7-11-26(27)32;1-2/h6-7,9-15,21-22,28,32-33H,4-5,8,16-19H2,1-3H3;1-2H3. The number of hydrogen-bond donors (Lipinski definition) is 2. The van der Waals surface area contributed by atoms with Gasteiger partial charge in [-0.05, 0) is 69.9 Å². The van der Waals surface area contributed by atoms with Gasteiger partial charge in [0.1, 0.15) is 17.7 Å². The van der Waals surface area contributed by atoms with Gasteiger partial charge < -0.3 is 14.9 Å². The molecule has 2 N–H and O–H groups in total. The number of aromatic hydroxyl groups is 1. The summed E-state index contributed by atoms with van der Waals surface area (Å²) in [4.78, 5) is 7.67. The SMILES string of the molecule is CC.CCCN(CCC(C)Oc1ccc(C)cc1)C(O)C1=NC(CSc2c(O)cccc2Cl)CCC=C1. The second kappa shape index (κ2) is 16.8. The Balaban J connectivity index is 0.00000235. The highest BCUT2D eigenvalue weighted by Gasteiger charge is 2.23. The van der Waals surface area contributed by atoms with Crippen LogP contribution in [0.4, 0.5) is 0 Å². The summed E-state index contributed by atoms with van der Waals surface area (Å²) in [7, 11) is 0. The zero-order chi connectivity index (χ0) is 27.2. The minimum Gasteiger partial charge on any atom is -0.507 e. The Morgan fingerprint density at radius 2 is 1.89 bits per heavy atom. The molecule has 0 fully saturated rings. The molecule has 0 aromatic heterocycles. The molecule has 2 aromatic carbocycles. The molecule has 1 heterocycles. The van der Waals surface area contributed by atoms with Crippen LogP contribution in [-0.4, -0.2) is 58.0 Å². The lowest BCUT2D eigenvalue weighted by molar-refractivity contribution is 0.0477. The second-order valence-electron chi connectivity index (χ2n) is 9.03. The maximum atomic E-state index is 11.2. The van der Waals surface area contributed by atoms with E-state index in [-0.39, 0.29) is 17.9 Å². The lowest BCUT2D eigenvalue weighted by Crippen LogP contribution is -2.43. The third-order valence-corrected chi connectivity index (χ3v) is 7.65. The van der Waals surface area contributed by atoms with Crippen molar-refractivity contribution in [3.05, 3.63) is 65.2 Å². The molecule has 204 valence electrons. The van der Waals surface area contributed by atoms with Gasteiger partial charge in [-0.1, -0.05) is 62.2 Å². The number of aliphatic hydroxyl groups excluding tert-OH is 1. The third kappa shape index (κ3) is 10.4. The van der Waals surface area contributed by atoms with Crippen molar-refractivity contribution in [3.63, 3.8) is 0 Å². The van der Waals surface area contributed by atoms with Crippen molar-refractivity contribution in [2.75, 3.05) is 18.8 Å². The summed E-state index contributed by atoms with van der Waals surface area (Å²) < 4.78 is 6.07. The number of benzene rings is 2. The molecule has 0 spiro atoms. The van der Waals surface area contributed by atoms with E-state index in [2.05, 4.69) is 31.7 Å². The van der Waals surface area contributed by atoms with E-state index in [1.54, 1.807) is 18.2 Å². The number of rotatable bonds is 12. The van der Waals surface area contributed by atoms with Gasteiger partial charge >= 0.3 is 0 Å². The van der Waals surface area contributed by atoms with E-state index in [1.165, 1.54) is 17.3 Å². The molecule has 2 aromatic rings. The van der Waals surface area contributed by atoms with Gasteiger partial charge in [-0.3, -0.25) is 9.89 Å². The van der Waals surface area contributed by atoms with Crippen LogP contribution in [0.5, 0.6) is 11.5 Å². The van der Waals surface area contributed by atoms with Crippen LogP contribution in [0, 0.1) is 6.92 Å². The average Bonchev–Trinajstić information content (AvgIpc) is 3.14. The largest absolute Gasteiger partial charge is 0.507 e. The maximum absolute atomic E-state index is 11.2. The monoisotopic (exact) mass is 546 g/mol. The van der Waals surface area contributed by atoms with E-state index in [9.17, 15) is 10.2 Å². The first-order chi connectivity index (χ1) is 17.9. The zero-order valence-electron chi connectivity index (χ0n) is 22.9. The summed E-state index contributed by atoms with van der Waals surface area (Å²) in [6.45, 7) is 11.7. The number of aryl methyl sites for hydroxylation is 1. The van der Waals surface area contributed by atoms with E-state index < -0.39 is 6.23 Å². The molecule has 0 radical (unpaired) electrons. The van der Waals surface area contributed by atoms with Gasteiger partial charge in [0.2, 0.25) is 0 Å². The average molecular weight is 547 g/mol. The number of phenolic OH excluding ortho intramolecular Hbond substituents is 1. The normalized spacial score (nSPS) is 16.9. The van der Waals surface area contributed by atoms with Gasteiger partial charge in [0.25, 0.3) is 0 Å². The fourth-order valence-corrected chi connectivity index (χ4v) is 5.35. The van der Waals surface area contributed by atoms with Gasteiger partial charge in [-0.15, -0.1) is 11.8 Å². The van der Waals surface area contributed by atoms with Crippen LogP contribution in [0.15, 0.2) is 64.5 Å². The predicted molar refractivity (Wildman–Crippen MR) is 159 cm³/mol. The van der Waals surface area contributed by atoms with E-state index in [0.717, 1.165) is 38.0 Å². The first-order valence-electron chi connectivity index (χ1n) is 13.4. The topological polar surface area (TPSA) is 65.3 Å². The van der Waals surface area contributed by atoms with Crippen LogP contribution in [0.1, 0.15) is 58.9 Å². The highest BCUT2D eigenvalue weighted by molar-refractivity contribution is 7.99. The highest BCUT2D eigenvalue weighted by atomic mass is 35.5. The molecule has 37 heavy (non-hydrogen) atoms. The van der Waals surface area contributed by atoms with Crippen molar-refractivity contribution >= 4 is 29.1 Å². The molecule has 0 saturated carbocycles. The summed E-state index contributed by atoms with van der Waals surface area (Å²) in [5.74, 6) is 1.74. The summed E-state index contributed by atoms with van der Waals surface area (Å²) >= 11 is 7.78. The van der Waals surface area contributed by atoms with Crippen LogP contribution in [0.2, 0.25) is 5.02 Å². The van der Waals surface area contributed by atoms with Crippen molar-refractivity contribution in [1.82, 2.24) is 4.90 Å². The number of hydrogen-bond acceptors (Lipinski definition) is 6. The van der Waals surface area contributed by atoms with E-state index in [4.69, 9.17) is 21.3 Å². The molecule has 0 saturated heterocycles. The number of aliphatic hydroxyl groups is 1. The Morgan fingerprint density at radius 1 is 1.16 bits per heavy atom. The summed E-state index contributed by atoms with van der Waals surface area (Å²) in [6, 6.07) is 13.3. The second-order valence-corrected chi connectivity index (χ2v) is 10.5. The Morgan fingerprint density at radius 3 is 2.57 bits per heavy atom. The number of allylic oxidation sites excluding steroid dienone is 1. The highest BCUT2D eigenvalue weighted by Crippen LogP contribution is 2.36. The predicted octanol–water partition coefficient (Wildman–Crippen LogP) is 7.52. The zero-order valence-corrected chi connectivity index (χ0v) is 24.4. The van der Waals surface area contributed by atoms with Crippen LogP contribution in [0.25, 0.3) is 0 Å². The Hall–Kier alpha value is -1.99. The quantitative estimate of drug-likeness (QED) is 0.213. The smallest absolute Gasteiger partial charge is 0.150 e. The fraction of sp³-hybridized carbons (Fsp3) is 0.500. The molecular formula is C30H43ClN2O3S. The number of thioether (sulfide) groups is 1. The summed E-state index contributed by atoms with van der Waals surface area (Å²) in [5.41, 5.74) is 1.90. The fourth-order valence-electron chi connectivity index (χ4n) is 3.99. The number of nitrogens with zero attached hydrogens (tertiary/aromatic N) is 2. The van der Waals surface area contributed by atoms with E-state index in [1.807, 2.05) is 44.2 Å².